The van der Waals surface area contributed by atoms with Crippen molar-refractivity contribution in [3.05, 3.63) is 21.0 Å². The second-order valence-electron chi connectivity index (χ2n) is 2.96. The molecular weight excluding hydrogens is 186 g/mol. The summed E-state index contributed by atoms with van der Waals surface area (Å²) in [7, 11) is 1.34. The average molecular weight is 199 g/mol. The van der Waals surface area contributed by atoms with E-state index in [1.165, 1.54) is 7.11 Å². The first-order chi connectivity index (χ1) is 6.60. The average Bonchev–Trinajstić information content (AvgIpc) is 2.16. The molecule has 0 aliphatic carbocycles. The molecule has 1 N–H and O–H groups in total. The Morgan fingerprint density at radius 3 is 2.64 bits per heavy atom. The van der Waals surface area contributed by atoms with Crippen molar-refractivity contribution in [3.8, 4) is 6.01 Å². The summed E-state index contributed by atoms with van der Waals surface area (Å²) in [4.78, 5) is 28.7. The molecule has 0 amide bonds. The van der Waals surface area contributed by atoms with Crippen LogP contribution >= 0.6 is 0 Å². The number of aromatic nitrogens is 3. The van der Waals surface area contributed by atoms with Gasteiger partial charge in [0.25, 0.3) is 0 Å². The minimum absolute atomic E-state index is 0.0560. The number of rotatable bonds is 3. The van der Waals surface area contributed by atoms with Gasteiger partial charge in [0.05, 0.1) is 7.11 Å². The van der Waals surface area contributed by atoms with Gasteiger partial charge in [0.2, 0.25) is 0 Å². The highest BCUT2D eigenvalue weighted by atomic mass is 16.5. The van der Waals surface area contributed by atoms with E-state index in [0.29, 0.717) is 6.42 Å². The fourth-order valence-electron chi connectivity index (χ4n) is 1.08. The Hall–Kier alpha value is -1.59. The van der Waals surface area contributed by atoms with Gasteiger partial charge in [0, 0.05) is 6.04 Å². The number of nitrogens with zero attached hydrogens (tertiary/aromatic N) is 2. The molecule has 0 bridgehead atoms. The minimum Gasteiger partial charge on any atom is -0.468 e. The third kappa shape index (κ3) is 1.84. The van der Waals surface area contributed by atoms with E-state index in [0.717, 1.165) is 4.57 Å². The highest BCUT2D eigenvalue weighted by molar-refractivity contribution is 4.89. The van der Waals surface area contributed by atoms with Crippen molar-refractivity contribution in [1.82, 2.24) is 14.5 Å². The highest BCUT2D eigenvalue weighted by Gasteiger charge is 2.10. The van der Waals surface area contributed by atoms with Crippen LogP contribution in [0.25, 0.3) is 0 Å². The van der Waals surface area contributed by atoms with E-state index in [2.05, 4.69) is 14.7 Å². The van der Waals surface area contributed by atoms with Crippen molar-refractivity contribution in [2.75, 3.05) is 7.11 Å². The van der Waals surface area contributed by atoms with Crippen LogP contribution in [0, 0.1) is 0 Å². The van der Waals surface area contributed by atoms with Gasteiger partial charge in [-0.2, -0.15) is 0 Å². The van der Waals surface area contributed by atoms with E-state index >= 15 is 0 Å². The third-order valence-corrected chi connectivity index (χ3v) is 2.06. The predicted molar refractivity (Wildman–Crippen MR) is 50.7 cm³/mol. The summed E-state index contributed by atoms with van der Waals surface area (Å²) in [5.41, 5.74) is -1.07. The SMILES string of the molecule is CCC(C)n1c(=O)nc(OC)[nH]c1=O. The molecule has 0 aliphatic heterocycles. The molecule has 1 atom stereocenters. The van der Waals surface area contributed by atoms with Crippen LogP contribution in [-0.2, 0) is 0 Å². The van der Waals surface area contributed by atoms with Crippen LogP contribution in [0.3, 0.4) is 0 Å². The van der Waals surface area contributed by atoms with Crippen molar-refractivity contribution in [1.29, 1.82) is 0 Å². The quantitative estimate of drug-likeness (QED) is 0.738. The zero-order valence-electron chi connectivity index (χ0n) is 8.40. The van der Waals surface area contributed by atoms with Crippen LogP contribution < -0.4 is 16.1 Å². The Kier molecular flexibility index (Phi) is 3.06. The van der Waals surface area contributed by atoms with Gasteiger partial charge in [-0.1, -0.05) is 6.92 Å². The van der Waals surface area contributed by atoms with Gasteiger partial charge in [0.1, 0.15) is 0 Å². The summed E-state index contributed by atoms with van der Waals surface area (Å²) >= 11 is 0. The van der Waals surface area contributed by atoms with Gasteiger partial charge in [-0.15, -0.1) is 4.98 Å². The summed E-state index contributed by atoms with van der Waals surface area (Å²) in [5, 5.41) is 0. The van der Waals surface area contributed by atoms with Gasteiger partial charge in [0.15, 0.2) is 0 Å². The van der Waals surface area contributed by atoms with Crippen molar-refractivity contribution < 1.29 is 4.74 Å². The van der Waals surface area contributed by atoms with E-state index in [1.807, 2.05) is 6.92 Å². The maximum absolute atomic E-state index is 11.4. The molecule has 0 spiro atoms. The molecule has 0 aliphatic rings. The van der Waals surface area contributed by atoms with Crippen LogP contribution in [-0.4, -0.2) is 21.6 Å². The Morgan fingerprint density at radius 2 is 2.21 bits per heavy atom. The standard InChI is InChI=1S/C8H13N3O3/c1-4-5(2)11-7(12)9-6(14-3)10-8(11)13/h5H,4H2,1-3H3,(H,9,10,12,13). The topological polar surface area (TPSA) is 77.0 Å². The number of nitrogens with one attached hydrogen (secondary N) is 1. The van der Waals surface area contributed by atoms with Gasteiger partial charge < -0.3 is 4.74 Å². The van der Waals surface area contributed by atoms with Crippen LogP contribution in [0.5, 0.6) is 6.01 Å². The minimum atomic E-state index is -0.583. The molecule has 1 aromatic heterocycles. The van der Waals surface area contributed by atoms with Crippen molar-refractivity contribution in [2.24, 2.45) is 0 Å². The largest absolute Gasteiger partial charge is 0.468 e. The number of ether oxygens (including phenoxy) is 1. The maximum Gasteiger partial charge on any atom is 0.356 e. The van der Waals surface area contributed by atoms with E-state index in [1.54, 1.807) is 6.92 Å². The zero-order chi connectivity index (χ0) is 10.7. The van der Waals surface area contributed by atoms with Gasteiger partial charge >= 0.3 is 17.4 Å². The normalized spacial score (nSPS) is 12.5. The summed E-state index contributed by atoms with van der Waals surface area (Å²) < 4.78 is 5.74. The molecule has 0 radical (unpaired) electrons. The summed E-state index contributed by atoms with van der Waals surface area (Å²) in [6, 6.07) is -0.218. The van der Waals surface area contributed by atoms with Gasteiger partial charge in [-0.3, -0.25) is 4.98 Å². The molecule has 1 unspecified atom stereocenters. The van der Waals surface area contributed by atoms with Crippen LogP contribution in [0.2, 0.25) is 0 Å². The zero-order valence-corrected chi connectivity index (χ0v) is 8.40. The molecule has 1 aromatic rings. The first-order valence-corrected chi connectivity index (χ1v) is 4.37. The highest BCUT2D eigenvalue weighted by Crippen LogP contribution is 2.02. The number of hydrogen-bond acceptors (Lipinski definition) is 4. The molecule has 6 nitrogen and oxygen atoms in total. The van der Waals surface area contributed by atoms with E-state index < -0.39 is 11.4 Å². The number of aromatic amines is 1. The lowest BCUT2D eigenvalue weighted by Gasteiger charge is -2.10. The molecule has 0 saturated heterocycles. The Morgan fingerprint density at radius 1 is 1.57 bits per heavy atom. The summed E-state index contributed by atoms with van der Waals surface area (Å²) in [6.07, 6.45) is 0.691. The molecule has 14 heavy (non-hydrogen) atoms. The predicted octanol–water partition coefficient (Wildman–Crippen LogP) is -0.0888. The number of hydrogen-bond donors (Lipinski definition) is 1. The summed E-state index contributed by atoms with van der Waals surface area (Å²) in [6.45, 7) is 3.67. The molecule has 0 aromatic carbocycles. The number of methoxy groups -OCH3 is 1. The van der Waals surface area contributed by atoms with Crippen molar-refractivity contribution >= 4 is 0 Å². The maximum atomic E-state index is 11.4. The third-order valence-electron chi connectivity index (χ3n) is 2.06. The van der Waals surface area contributed by atoms with E-state index in [9.17, 15) is 9.59 Å². The molecule has 6 heteroatoms. The second kappa shape index (κ2) is 4.08. The summed E-state index contributed by atoms with van der Waals surface area (Å²) in [5.74, 6) is 0. The van der Waals surface area contributed by atoms with Gasteiger partial charge in [-0.05, 0) is 13.3 Å². The molecule has 78 valence electrons. The molecular formula is C8H13N3O3. The van der Waals surface area contributed by atoms with Crippen molar-refractivity contribution in [3.63, 3.8) is 0 Å². The van der Waals surface area contributed by atoms with Crippen molar-refractivity contribution in [2.45, 2.75) is 26.3 Å². The second-order valence-corrected chi connectivity index (χ2v) is 2.96. The smallest absolute Gasteiger partial charge is 0.356 e. The number of H-pyrrole nitrogens is 1. The lowest BCUT2D eigenvalue weighted by molar-refractivity contribution is 0.360. The Balaban J connectivity index is 3.33. The van der Waals surface area contributed by atoms with E-state index in [4.69, 9.17) is 0 Å². The fourth-order valence-corrected chi connectivity index (χ4v) is 1.08. The molecule has 0 saturated carbocycles. The Bertz CT molecular complexity index is 389. The Labute approximate surface area is 80.6 Å². The molecule has 1 rings (SSSR count). The van der Waals surface area contributed by atoms with Crippen LogP contribution in [0.4, 0.5) is 0 Å². The lowest BCUT2D eigenvalue weighted by Crippen LogP contribution is -2.38. The lowest BCUT2D eigenvalue weighted by atomic mass is 10.3. The molecule has 0 fully saturated rings. The van der Waals surface area contributed by atoms with Crippen LogP contribution in [0.1, 0.15) is 26.3 Å². The van der Waals surface area contributed by atoms with Crippen LogP contribution in [0.15, 0.2) is 9.59 Å². The van der Waals surface area contributed by atoms with E-state index in [-0.39, 0.29) is 12.1 Å². The molecule has 1 heterocycles. The first kappa shape index (κ1) is 10.5. The fraction of sp³-hybridized carbons (Fsp3) is 0.625. The first-order valence-electron chi connectivity index (χ1n) is 4.37. The monoisotopic (exact) mass is 199 g/mol. The van der Waals surface area contributed by atoms with Gasteiger partial charge in [-0.25, -0.2) is 14.2 Å².